The number of amides is 1. The van der Waals surface area contributed by atoms with E-state index in [0.717, 1.165) is 0 Å². The molecule has 1 aliphatic heterocycles. The van der Waals surface area contributed by atoms with Gasteiger partial charge >= 0.3 is 13.2 Å². The van der Waals surface area contributed by atoms with E-state index >= 15 is 0 Å². The number of halogens is 1. The van der Waals surface area contributed by atoms with Crippen molar-refractivity contribution >= 4 is 18.7 Å². The standard InChI is InChI=1S/C17H27BFN3O4/c1-11-10-21(16(23)26-17(3,4)5)6-7-22(11)12(2)13-8-14(18(24)25)15(19)20-9-13/h8-9,11-12,24-25H,6-7,10H2,1-5H3. The van der Waals surface area contributed by atoms with Gasteiger partial charge in [0.25, 0.3) is 0 Å². The van der Waals surface area contributed by atoms with Crippen LogP contribution in [0.5, 0.6) is 0 Å². The lowest BCUT2D eigenvalue weighted by atomic mass is 9.80. The molecule has 0 spiro atoms. The molecule has 0 aliphatic carbocycles. The van der Waals surface area contributed by atoms with Crippen molar-refractivity contribution in [3.05, 3.63) is 23.8 Å². The highest BCUT2D eigenvalue weighted by molar-refractivity contribution is 6.58. The number of nitrogens with zero attached hydrogens (tertiary/aromatic N) is 3. The minimum atomic E-state index is -1.91. The Morgan fingerprint density at radius 2 is 2.08 bits per heavy atom. The van der Waals surface area contributed by atoms with Crippen LogP contribution in [0.1, 0.15) is 46.2 Å². The minimum absolute atomic E-state index is 0.0545. The maximum Gasteiger partial charge on any atom is 0.493 e. The van der Waals surface area contributed by atoms with Crippen LogP contribution in [0.2, 0.25) is 0 Å². The van der Waals surface area contributed by atoms with Crippen molar-refractivity contribution in [3.63, 3.8) is 0 Å². The fourth-order valence-electron chi connectivity index (χ4n) is 3.12. The number of carbonyl (C=O) groups is 1. The molecule has 2 N–H and O–H groups in total. The molecule has 1 aromatic rings. The molecule has 26 heavy (non-hydrogen) atoms. The Labute approximate surface area is 153 Å². The van der Waals surface area contributed by atoms with Gasteiger partial charge in [-0.1, -0.05) is 6.07 Å². The van der Waals surface area contributed by atoms with Crippen molar-refractivity contribution in [2.24, 2.45) is 0 Å². The molecule has 0 aromatic carbocycles. The summed E-state index contributed by atoms with van der Waals surface area (Å²) in [5.41, 5.74) is -0.0899. The summed E-state index contributed by atoms with van der Waals surface area (Å²) < 4.78 is 19.0. The maximum atomic E-state index is 13.6. The number of rotatable bonds is 3. The van der Waals surface area contributed by atoms with E-state index in [0.29, 0.717) is 25.2 Å². The Morgan fingerprint density at radius 3 is 2.62 bits per heavy atom. The van der Waals surface area contributed by atoms with Crippen LogP contribution in [0.4, 0.5) is 9.18 Å². The molecule has 2 unspecified atom stereocenters. The van der Waals surface area contributed by atoms with Crippen LogP contribution in [0.3, 0.4) is 0 Å². The van der Waals surface area contributed by atoms with Gasteiger partial charge in [-0.25, -0.2) is 9.78 Å². The summed E-state index contributed by atoms with van der Waals surface area (Å²) in [5, 5.41) is 18.5. The van der Waals surface area contributed by atoms with Crippen molar-refractivity contribution in [3.8, 4) is 0 Å². The summed E-state index contributed by atoms with van der Waals surface area (Å²) in [6.07, 6.45) is 1.07. The number of hydrogen-bond donors (Lipinski definition) is 2. The molecular formula is C17H27BFN3O4. The number of aromatic nitrogens is 1. The molecule has 2 atom stereocenters. The fourth-order valence-corrected chi connectivity index (χ4v) is 3.12. The molecule has 0 saturated carbocycles. The maximum absolute atomic E-state index is 13.6. The van der Waals surface area contributed by atoms with Crippen LogP contribution in [0, 0.1) is 5.95 Å². The third-order valence-electron chi connectivity index (χ3n) is 4.48. The largest absolute Gasteiger partial charge is 0.493 e. The van der Waals surface area contributed by atoms with Crippen molar-refractivity contribution < 1.29 is 24.0 Å². The molecule has 2 rings (SSSR count). The topological polar surface area (TPSA) is 86.1 Å². The lowest BCUT2D eigenvalue weighted by molar-refractivity contribution is -0.000749. The lowest BCUT2D eigenvalue weighted by Crippen LogP contribution is -2.55. The van der Waals surface area contributed by atoms with Crippen molar-refractivity contribution in [2.75, 3.05) is 19.6 Å². The van der Waals surface area contributed by atoms with E-state index in [-0.39, 0.29) is 23.6 Å². The normalized spacial score (nSPS) is 20.0. The van der Waals surface area contributed by atoms with Gasteiger partial charge in [0.15, 0.2) is 0 Å². The van der Waals surface area contributed by atoms with Gasteiger partial charge in [0.1, 0.15) is 5.60 Å². The highest BCUT2D eigenvalue weighted by atomic mass is 19.1. The summed E-state index contributed by atoms with van der Waals surface area (Å²) in [4.78, 5) is 19.7. The van der Waals surface area contributed by atoms with Gasteiger partial charge in [-0.2, -0.15) is 4.39 Å². The van der Waals surface area contributed by atoms with Crippen LogP contribution in [-0.4, -0.2) is 69.3 Å². The first-order chi connectivity index (χ1) is 12.0. The van der Waals surface area contributed by atoms with Crippen LogP contribution >= 0.6 is 0 Å². The summed E-state index contributed by atoms with van der Waals surface area (Å²) in [6, 6.07) is 1.36. The summed E-state index contributed by atoms with van der Waals surface area (Å²) in [6.45, 7) is 11.1. The third kappa shape index (κ3) is 4.93. The summed E-state index contributed by atoms with van der Waals surface area (Å²) in [5.74, 6) is -0.890. The number of ether oxygens (including phenoxy) is 1. The summed E-state index contributed by atoms with van der Waals surface area (Å²) >= 11 is 0. The zero-order chi connectivity index (χ0) is 19.6. The van der Waals surface area contributed by atoms with Gasteiger partial charge in [-0.15, -0.1) is 0 Å². The smallest absolute Gasteiger partial charge is 0.444 e. The molecule has 2 heterocycles. The lowest BCUT2D eigenvalue weighted by Gasteiger charge is -2.43. The molecule has 1 saturated heterocycles. The highest BCUT2D eigenvalue weighted by Gasteiger charge is 2.33. The Balaban J connectivity index is 2.07. The van der Waals surface area contributed by atoms with E-state index in [9.17, 15) is 19.2 Å². The highest BCUT2D eigenvalue weighted by Crippen LogP contribution is 2.25. The molecule has 7 nitrogen and oxygen atoms in total. The van der Waals surface area contributed by atoms with Gasteiger partial charge in [0, 0.05) is 43.4 Å². The Hall–Kier alpha value is -1.71. The zero-order valence-corrected chi connectivity index (χ0v) is 15.9. The molecule has 0 bridgehead atoms. The van der Waals surface area contributed by atoms with Gasteiger partial charge in [-0.3, -0.25) is 4.90 Å². The molecule has 1 aromatic heterocycles. The Kier molecular flexibility index (Phi) is 6.26. The number of pyridine rings is 1. The molecule has 1 fully saturated rings. The number of piperazine rings is 1. The predicted molar refractivity (Wildman–Crippen MR) is 96.4 cm³/mol. The monoisotopic (exact) mass is 367 g/mol. The fraction of sp³-hybridized carbons (Fsp3) is 0.647. The van der Waals surface area contributed by atoms with E-state index in [1.807, 2.05) is 34.6 Å². The number of hydrogen-bond acceptors (Lipinski definition) is 6. The van der Waals surface area contributed by atoms with E-state index in [1.165, 1.54) is 12.3 Å². The van der Waals surface area contributed by atoms with E-state index in [2.05, 4.69) is 9.88 Å². The summed E-state index contributed by atoms with van der Waals surface area (Å²) in [7, 11) is -1.91. The second-order valence-electron chi connectivity index (χ2n) is 7.71. The second-order valence-corrected chi connectivity index (χ2v) is 7.71. The average Bonchev–Trinajstić information content (AvgIpc) is 2.52. The Bertz CT molecular complexity index is 653. The SMILES string of the molecule is CC1CN(C(=O)OC(C)(C)C)CCN1C(C)c1cnc(F)c(B(O)O)c1. The first-order valence-electron chi connectivity index (χ1n) is 8.74. The van der Waals surface area contributed by atoms with Crippen LogP contribution in [0.25, 0.3) is 0 Å². The predicted octanol–water partition coefficient (Wildman–Crippen LogP) is 0.903. The molecule has 0 radical (unpaired) electrons. The average molecular weight is 367 g/mol. The van der Waals surface area contributed by atoms with E-state index in [1.54, 1.807) is 4.90 Å². The van der Waals surface area contributed by atoms with Crippen LogP contribution in [-0.2, 0) is 4.74 Å². The Morgan fingerprint density at radius 1 is 1.42 bits per heavy atom. The molecule has 1 aliphatic rings. The van der Waals surface area contributed by atoms with Crippen molar-refractivity contribution in [2.45, 2.75) is 52.3 Å². The van der Waals surface area contributed by atoms with E-state index < -0.39 is 18.7 Å². The van der Waals surface area contributed by atoms with Gasteiger partial charge in [0.2, 0.25) is 5.95 Å². The van der Waals surface area contributed by atoms with Crippen molar-refractivity contribution in [1.29, 1.82) is 0 Å². The molecule has 144 valence electrons. The number of carbonyl (C=O) groups excluding carboxylic acids is 1. The zero-order valence-electron chi connectivity index (χ0n) is 15.9. The third-order valence-corrected chi connectivity index (χ3v) is 4.48. The van der Waals surface area contributed by atoms with Crippen LogP contribution < -0.4 is 5.46 Å². The van der Waals surface area contributed by atoms with Gasteiger partial charge in [0.05, 0.1) is 0 Å². The minimum Gasteiger partial charge on any atom is -0.444 e. The van der Waals surface area contributed by atoms with Gasteiger partial charge in [-0.05, 0) is 40.2 Å². The first kappa shape index (κ1) is 20.6. The molecular weight excluding hydrogens is 340 g/mol. The molecule has 9 heteroatoms. The quantitative estimate of drug-likeness (QED) is 0.610. The van der Waals surface area contributed by atoms with E-state index in [4.69, 9.17) is 4.74 Å². The van der Waals surface area contributed by atoms with Crippen molar-refractivity contribution in [1.82, 2.24) is 14.8 Å². The first-order valence-corrected chi connectivity index (χ1v) is 8.74. The van der Waals surface area contributed by atoms with Gasteiger partial charge < -0.3 is 19.7 Å². The second kappa shape index (κ2) is 7.90. The van der Waals surface area contributed by atoms with Crippen LogP contribution in [0.15, 0.2) is 12.3 Å². The molecule has 1 amide bonds.